The van der Waals surface area contributed by atoms with Gasteiger partial charge in [0.25, 0.3) is 0 Å². The first-order valence-corrected chi connectivity index (χ1v) is 10.7. The van der Waals surface area contributed by atoms with Crippen molar-refractivity contribution in [1.29, 1.82) is 0 Å². The van der Waals surface area contributed by atoms with Gasteiger partial charge in [-0.2, -0.15) is 0 Å². The number of pyridine rings is 1. The maximum atomic E-state index is 12.8. The van der Waals surface area contributed by atoms with Crippen LogP contribution in [-0.4, -0.2) is 54.5 Å². The number of amides is 1. The topological polar surface area (TPSA) is 62.7 Å². The second-order valence-corrected chi connectivity index (χ2v) is 9.10. The van der Waals surface area contributed by atoms with E-state index in [0.717, 1.165) is 47.2 Å². The van der Waals surface area contributed by atoms with Gasteiger partial charge in [-0.25, -0.2) is 4.79 Å². The number of aryl methyl sites for hydroxylation is 2. The summed E-state index contributed by atoms with van der Waals surface area (Å²) in [5.74, 6) is -0.186. The van der Waals surface area contributed by atoms with Crippen molar-refractivity contribution >= 4 is 28.5 Å². The van der Waals surface area contributed by atoms with E-state index in [1.165, 1.54) is 0 Å². The molecule has 6 nitrogen and oxygen atoms in total. The Morgan fingerprint density at radius 2 is 1.83 bits per heavy atom. The third kappa shape index (κ3) is 4.42. The zero-order chi connectivity index (χ0) is 22.1. The van der Waals surface area contributed by atoms with Gasteiger partial charge in [-0.3, -0.25) is 9.78 Å². The molecule has 2 heterocycles. The minimum Gasteiger partial charge on any atom is -0.462 e. The van der Waals surface area contributed by atoms with E-state index in [-0.39, 0.29) is 11.9 Å². The highest BCUT2D eigenvalue weighted by atomic mass is 16.5. The molecule has 30 heavy (non-hydrogen) atoms. The highest BCUT2D eigenvalue weighted by molar-refractivity contribution is 6.06. The van der Waals surface area contributed by atoms with Gasteiger partial charge in [-0.15, -0.1) is 0 Å². The molecule has 0 aliphatic carbocycles. The molecule has 162 valence electrons. The highest BCUT2D eigenvalue weighted by Gasteiger charge is 2.30. The number of aromatic nitrogens is 1. The summed E-state index contributed by atoms with van der Waals surface area (Å²) < 4.78 is 5.33. The Kier molecular flexibility index (Phi) is 6.34. The molecular formula is C24H33N3O3. The number of ether oxygens (including phenoxy) is 1. The standard InChI is InChI=1S/C24H33N3O3/c1-7-30-22(28)19-15-25-20-17(3)13-16(2)14-18(20)21(19)26-9-8-10-27(12-11-26)23(29)24(4,5)6/h13-15H,7-12H2,1-6H3. The van der Waals surface area contributed by atoms with Crippen LogP contribution in [0, 0.1) is 19.3 Å². The first-order valence-electron chi connectivity index (χ1n) is 10.7. The van der Waals surface area contributed by atoms with E-state index in [4.69, 9.17) is 4.74 Å². The normalized spacial score (nSPS) is 15.3. The largest absolute Gasteiger partial charge is 0.462 e. The number of carbonyl (C=O) groups excluding carboxylic acids is 2. The Morgan fingerprint density at radius 1 is 1.10 bits per heavy atom. The predicted molar refractivity (Wildman–Crippen MR) is 120 cm³/mol. The number of nitrogens with zero attached hydrogens (tertiary/aromatic N) is 3. The molecule has 0 unspecified atom stereocenters. The quantitative estimate of drug-likeness (QED) is 0.711. The van der Waals surface area contributed by atoms with Gasteiger partial charge in [0.15, 0.2) is 0 Å². The van der Waals surface area contributed by atoms with Gasteiger partial charge in [0.2, 0.25) is 5.91 Å². The lowest BCUT2D eigenvalue weighted by Crippen LogP contribution is -2.41. The van der Waals surface area contributed by atoms with Crippen LogP contribution in [0.2, 0.25) is 0 Å². The van der Waals surface area contributed by atoms with Gasteiger partial charge >= 0.3 is 5.97 Å². The second-order valence-electron chi connectivity index (χ2n) is 9.10. The van der Waals surface area contributed by atoms with Crippen LogP contribution in [0.15, 0.2) is 18.3 Å². The maximum absolute atomic E-state index is 12.8. The molecule has 3 rings (SSSR count). The Balaban J connectivity index is 2.06. The highest BCUT2D eigenvalue weighted by Crippen LogP contribution is 2.33. The zero-order valence-corrected chi connectivity index (χ0v) is 19.0. The molecule has 1 aromatic carbocycles. The molecule has 0 N–H and O–H groups in total. The number of rotatable bonds is 3. The summed E-state index contributed by atoms with van der Waals surface area (Å²) in [5.41, 5.74) is 4.07. The van der Waals surface area contributed by atoms with Crippen molar-refractivity contribution < 1.29 is 14.3 Å². The lowest BCUT2D eigenvalue weighted by Gasteiger charge is -2.29. The predicted octanol–water partition coefficient (Wildman–Crippen LogP) is 4.11. The summed E-state index contributed by atoms with van der Waals surface area (Å²) >= 11 is 0. The van der Waals surface area contributed by atoms with Gasteiger partial charge < -0.3 is 14.5 Å². The first-order chi connectivity index (χ1) is 14.1. The van der Waals surface area contributed by atoms with Crippen molar-refractivity contribution in [3.63, 3.8) is 0 Å². The molecule has 6 heteroatoms. The summed E-state index contributed by atoms with van der Waals surface area (Å²) in [5, 5.41) is 0.966. The summed E-state index contributed by atoms with van der Waals surface area (Å²) in [6.45, 7) is 14.9. The van der Waals surface area contributed by atoms with Crippen LogP contribution < -0.4 is 4.90 Å². The van der Waals surface area contributed by atoms with Gasteiger partial charge in [0.05, 0.1) is 17.8 Å². The van der Waals surface area contributed by atoms with Gasteiger partial charge in [-0.05, 0) is 38.8 Å². The van der Waals surface area contributed by atoms with E-state index in [1.807, 2.05) is 39.5 Å². The molecule has 1 saturated heterocycles. The van der Waals surface area contributed by atoms with E-state index < -0.39 is 5.41 Å². The monoisotopic (exact) mass is 411 g/mol. The number of anilines is 1. The summed E-state index contributed by atoms with van der Waals surface area (Å²) in [4.78, 5) is 34.3. The van der Waals surface area contributed by atoms with E-state index in [1.54, 1.807) is 6.20 Å². The second kappa shape index (κ2) is 8.62. The lowest BCUT2D eigenvalue weighted by molar-refractivity contribution is -0.139. The van der Waals surface area contributed by atoms with Crippen LogP contribution in [0.4, 0.5) is 5.69 Å². The molecule has 1 aromatic heterocycles. The third-order valence-electron chi connectivity index (χ3n) is 5.51. The third-order valence-corrected chi connectivity index (χ3v) is 5.51. The lowest BCUT2D eigenvalue weighted by atomic mass is 9.94. The van der Waals surface area contributed by atoms with Crippen LogP contribution in [0.25, 0.3) is 10.9 Å². The van der Waals surface area contributed by atoms with E-state index in [9.17, 15) is 9.59 Å². The van der Waals surface area contributed by atoms with Crippen LogP contribution in [-0.2, 0) is 9.53 Å². The van der Waals surface area contributed by atoms with Crippen LogP contribution in [0.5, 0.6) is 0 Å². The molecule has 0 atom stereocenters. The smallest absolute Gasteiger partial charge is 0.341 e. The van der Waals surface area contributed by atoms with Crippen molar-refractivity contribution in [2.75, 3.05) is 37.7 Å². The average Bonchev–Trinajstić information content (AvgIpc) is 2.91. The Morgan fingerprint density at radius 3 is 2.50 bits per heavy atom. The molecule has 1 aliphatic rings. The number of hydrogen-bond donors (Lipinski definition) is 0. The van der Waals surface area contributed by atoms with Crippen molar-refractivity contribution in [2.45, 2.75) is 48.0 Å². The molecule has 0 spiro atoms. The van der Waals surface area contributed by atoms with E-state index in [0.29, 0.717) is 25.3 Å². The molecule has 1 amide bonds. The molecule has 0 saturated carbocycles. The zero-order valence-electron chi connectivity index (χ0n) is 19.0. The number of esters is 1. The molecule has 1 fully saturated rings. The first kappa shape index (κ1) is 22.1. The number of carbonyl (C=O) groups is 2. The maximum Gasteiger partial charge on any atom is 0.341 e. The molecule has 1 aliphatic heterocycles. The average molecular weight is 412 g/mol. The fraction of sp³-hybridized carbons (Fsp3) is 0.542. The van der Waals surface area contributed by atoms with Crippen molar-refractivity contribution in [1.82, 2.24) is 9.88 Å². The van der Waals surface area contributed by atoms with Crippen molar-refractivity contribution in [3.8, 4) is 0 Å². The summed E-state index contributed by atoms with van der Waals surface area (Å²) in [6.07, 6.45) is 2.49. The Bertz CT molecular complexity index is 962. The molecule has 0 bridgehead atoms. The number of benzene rings is 1. The van der Waals surface area contributed by atoms with Crippen molar-refractivity contribution in [2.24, 2.45) is 5.41 Å². The fourth-order valence-electron chi connectivity index (χ4n) is 4.16. The molecule has 0 radical (unpaired) electrons. The molecule has 2 aromatic rings. The number of hydrogen-bond acceptors (Lipinski definition) is 5. The van der Waals surface area contributed by atoms with Crippen LogP contribution >= 0.6 is 0 Å². The van der Waals surface area contributed by atoms with Gasteiger partial charge in [0, 0.05) is 43.2 Å². The summed E-state index contributed by atoms with van der Waals surface area (Å²) in [7, 11) is 0. The Hall–Kier alpha value is -2.63. The summed E-state index contributed by atoms with van der Waals surface area (Å²) in [6, 6.07) is 4.20. The van der Waals surface area contributed by atoms with E-state index >= 15 is 0 Å². The van der Waals surface area contributed by atoms with Gasteiger partial charge in [-0.1, -0.05) is 32.4 Å². The SMILES string of the molecule is CCOC(=O)c1cnc2c(C)cc(C)cc2c1N1CCCN(C(=O)C(C)(C)C)CC1. The van der Waals surface area contributed by atoms with Gasteiger partial charge in [0.1, 0.15) is 5.56 Å². The molecular weight excluding hydrogens is 378 g/mol. The van der Waals surface area contributed by atoms with E-state index in [2.05, 4.69) is 28.9 Å². The Labute approximate surface area is 179 Å². The minimum atomic E-state index is -0.400. The number of fused-ring (bicyclic) bond motifs is 1. The minimum absolute atomic E-state index is 0.168. The van der Waals surface area contributed by atoms with Crippen LogP contribution in [0.3, 0.4) is 0 Å². The van der Waals surface area contributed by atoms with Crippen LogP contribution in [0.1, 0.15) is 55.6 Å². The fourth-order valence-corrected chi connectivity index (χ4v) is 4.16. The van der Waals surface area contributed by atoms with Crippen molar-refractivity contribution in [3.05, 3.63) is 35.0 Å².